The summed E-state index contributed by atoms with van der Waals surface area (Å²) in [4.78, 5) is 0. The Bertz CT molecular complexity index is 355. The minimum absolute atomic E-state index is 0.212. The Hall–Kier alpha value is -1.23. The summed E-state index contributed by atoms with van der Waals surface area (Å²) in [5.41, 5.74) is 0.554. The van der Waals surface area contributed by atoms with Crippen molar-refractivity contribution in [3.05, 3.63) is 29.8 Å². The Labute approximate surface area is 98.3 Å². The number of benzene rings is 1. The summed E-state index contributed by atoms with van der Waals surface area (Å²) < 4.78 is 44.8. The standard InChI is InChI=1S/C12H15F3O2/c1-11(2,16-3)8-9-4-6-10(7-5-9)17-12(13,14)15/h4-7H,8H2,1-3H3. The van der Waals surface area contributed by atoms with Crippen molar-refractivity contribution in [3.63, 3.8) is 0 Å². The predicted molar refractivity (Wildman–Crippen MR) is 57.9 cm³/mol. The zero-order valence-electron chi connectivity index (χ0n) is 9.97. The first-order valence-electron chi connectivity index (χ1n) is 5.12. The molecule has 0 aliphatic heterocycles. The highest BCUT2D eigenvalue weighted by Gasteiger charge is 2.31. The SMILES string of the molecule is COC(C)(C)Cc1ccc(OC(F)(F)F)cc1. The highest BCUT2D eigenvalue weighted by molar-refractivity contribution is 5.28. The zero-order valence-corrected chi connectivity index (χ0v) is 9.97. The van der Waals surface area contributed by atoms with Gasteiger partial charge in [0.1, 0.15) is 5.75 Å². The second kappa shape index (κ2) is 4.96. The van der Waals surface area contributed by atoms with Crippen LogP contribution >= 0.6 is 0 Å². The average Bonchev–Trinajstić information content (AvgIpc) is 2.19. The molecule has 0 fully saturated rings. The predicted octanol–water partition coefficient (Wildman–Crippen LogP) is 3.55. The maximum absolute atomic E-state index is 11.9. The van der Waals surface area contributed by atoms with Crippen LogP contribution in [-0.4, -0.2) is 19.1 Å². The van der Waals surface area contributed by atoms with E-state index in [1.54, 1.807) is 19.2 Å². The van der Waals surface area contributed by atoms with Gasteiger partial charge in [-0.1, -0.05) is 12.1 Å². The van der Waals surface area contributed by atoms with E-state index in [0.29, 0.717) is 6.42 Å². The van der Waals surface area contributed by atoms with Gasteiger partial charge in [-0.05, 0) is 31.5 Å². The molecule has 5 heteroatoms. The molecule has 1 rings (SSSR count). The van der Waals surface area contributed by atoms with E-state index >= 15 is 0 Å². The molecule has 0 heterocycles. The van der Waals surface area contributed by atoms with Crippen LogP contribution < -0.4 is 4.74 Å². The molecule has 0 N–H and O–H groups in total. The summed E-state index contributed by atoms with van der Waals surface area (Å²) in [5.74, 6) is -0.212. The number of halogens is 3. The van der Waals surface area contributed by atoms with E-state index in [2.05, 4.69) is 4.74 Å². The van der Waals surface area contributed by atoms with Gasteiger partial charge in [0.25, 0.3) is 0 Å². The smallest absolute Gasteiger partial charge is 0.406 e. The van der Waals surface area contributed by atoms with Crippen LogP contribution in [0.2, 0.25) is 0 Å². The Balaban J connectivity index is 2.69. The summed E-state index contributed by atoms with van der Waals surface area (Å²) in [6.45, 7) is 3.82. The van der Waals surface area contributed by atoms with Gasteiger partial charge in [0.05, 0.1) is 5.60 Å². The van der Waals surface area contributed by atoms with Crippen molar-refractivity contribution < 1.29 is 22.6 Å². The normalized spacial score (nSPS) is 12.6. The van der Waals surface area contributed by atoms with Crippen LogP contribution in [0, 0.1) is 0 Å². The van der Waals surface area contributed by atoms with Crippen LogP contribution in [0.25, 0.3) is 0 Å². The van der Waals surface area contributed by atoms with E-state index in [1.807, 2.05) is 13.8 Å². The fourth-order valence-corrected chi connectivity index (χ4v) is 1.37. The van der Waals surface area contributed by atoms with Gasteiger partial charge in [-0.25, -0.2) is 0 Å². The molecule has 0 bridgehead atoms. The lowest BCUT2D eigenvalue weighted by atomic mass is 9.98. The van der Waals surface area contributed by atoms with Crippen molar-refractivity contribution >= 4 is 0 Å². The Morgan fingerprint density at radius 3 is 2.00 bits per heavy atom. The van der Waals surface area contributed by atoms with Crippen LogP contribution in [0.15, 0.2) is 24.3 Å². The van der Waals surface area contributed by atoms with Crippen molar-refractivity contribution in [3.8, 4) is 5.75 Å². The largest absolute Gasteiger partial charge is 0.573 e. The van der Waals surface area contributed by atoms with Crippen LogP contribution in [-0.2, 0) is 11.2 Å². The molecular formula is C12H15F3O2. The molecule has 0 aromatic heterocycles. The first kappa shape index (κ1) is 13.8. The second-order valence-corrected chi connectivity index (χ2v) is 4.33. The molecule has 17 heavy (non-hydrogen) atoms. The van der Waals surface area contributed by atoms with E-state index < -0.39 is 6.36 Å². The summed E-state index contributed by atoms with van der Waals surface area (Å²) in [6, 6.07) is 5.80. The topological polar surface area (TPSA) is 18.5 Å². The summed E-state index contributed by atoms with van der Waals surface area (Å²) in [6.07, 6.45) is -4.02. The van der Waals surface area contributed by atoms with Gasteiger partial charge in [0, 0.05) is 13.5 Å². The Morgan fingerprint density at radius 2 is 1.59 bits per heavy atom. The average molecular weight is 248 g/mol. The highest BCUT2D eigenvalue weighted by atomic mass is 19.4. The molecule has 0 amide bonds. The highest BCUT2D eigenvalue weighted by Crippen LogP contribution is 2.24. The lowest BCUT2D eigenvalue weighted by molar-refractivity contribution is -0.274. The zero-order chi connectivity index (χ0) is 13.1. The van der Waals surface area contributed by atoms with Crippen molar-refractivity contribution in [2.24, 2.45) is 0 Å². The fourth-order valence-electron chi connectivity index (χ4n) is 1.37. The molecule has 0 saturated carbocycles. The van der Waals surface area contributed by atoms with Crippen LogP contribution in [0.4, 0.5) is 13.2 Å². The summed E-state index contributed by atoms with van der Waals surface area (Å²) >= 11 is 0. The summed E-state index contributed by atoms with van der Waals surface area (Å²) in [7, 11) is 1.60. The second-order valence-electron chi connectivity index (χ2n) is 4.33. The molecule has 1 aromatic carbocycles. The van der Waals surface area contributed by atoms with E-state index in [-0.39, 0.29) is 11.4 Å². The van der Waals surface area contributed by atoms with Crippen LogP contribution in [0.5, 0.6) is 5.75 Å². The Morgan fingerprint density at radius 1 is 1.06 bits per heavy atom. The molecule has 0 spiro atoms. The maximum Gasteiger partial charge on any atom is 0.573 e. The van der Waals surface area contributed by atoms with E-state index in [1.165, 1.54) is 12.1 Å². The number of methoxy groups -OCH3 is 1. The molecular weight excluding hydrogens is 233 g/mol. The molecule has 0 atom stereocenters. The van der Waals surface area contributed by atoms with Gasteiger partial charge in [-0.2, -0.15) is 0 Å². The van der Waals surface area contributed by atoms with Gasteiger partial charge >= 0.3 is 6.36 Å². The van der Waals surface area contributed by atoms with Gasteiger partial charge < -0.3 is 9.47 Å². The van der Waals surface area contributed by atoms with Gasteiger partial charge in [-0.3, -0.25) is 0 Å². The van der Waals surface area contributed by atoms with E-state index in [0.717, 1.165) is 5.56 Å². The van der Waals surface area contributed by atoms with Crippen molar-refractivity contribution in [1.82, 2.24) is 0 Å². The van der Waals surface area contributed by atoms with Gasteiger partial charge in [-0.15, -0.1) is 13.2 Å². The van der Waals surface area contributed by atoms with Gasteiger partial charge in [0.2, 0.25) is 0 Å². The monoisotopic (exact) mass is 248 g/mol. The van der Waals surface area contributed by atoms with Crippen molar-refractivity contribution in [1.29, 1.82) is 0 Å². The first-order chi connectivity index (χ1) is 7.72. The number of rotatable bonds is 4. The van der Waals surface area contributed by atoms with E-state index in [4.69, 9.17) is 4.74 Å². The first-order valence-corrected chi connectivity index (χ1v) is 5.12. The third-order valence-corrected chi connectivity index (χ3v) is 2.34. The molecule has 0 aliphatic carbocycles. The molecule has 0 aliphatic rings. The number of hydrogen-bond donors (Lipinski definition) is 0. The molecule has 96 valence electrons. The quantitative estimate of drug-likeness (QED) is 0.811. The third-order valence-electron chi connectivity index (χ3n) is 2.34. The summed E-state index contributed by atoms with van der Waals surface area (Å²) in [5, 5.41) is 0. The molecule has 2 nitrogen and oxygen atoms in total. The van der Waals surface area contributed by atoms with Gasteiger partial charge in [0.15, 0.2) is 0 Å². The maximum atomic E-state index is 11.9. The molecule has 0 unspecified atom stereocenters. The molecule has 0 saturated heterocycles. The molecule has 1 aromatic rings. The van der Waals surface area contributed by atoms with Crippen molar-refractivity contribution in [2.75, 3.05) is 7.11 Å². The number of alkyl halides is 3. The van der Waals surface area contributed by atoms with E-state index in [9.17, 15) is 13.2 Å². The number of hydrogen-bond acceptors (Lipinski definition) is 2. The fraction of sp³-hybridized carbons (Fsp3) is 0.500. The lowest BCUT2D eigenvalue weighted by Crippen LogP contribution is -2.25. The Kier molecular flexibility index (Phi) is 4.03. The lowest BCUT2D eigenvalue weighted by Gasteiger charge is -2.22. The van der Waals surface area contributed by atoms with Crippen molar-refractivity contribution in [2.45, 2.75) is 32.2 Å². The third kappa shape index (κ3) is 5.08. The minimum atomic E-state index is -4.65. The van der Waals surface area contributed by atoms with Crippen LogP contribution in [0.3, 0.4) is 0 Å². The molecule has 0 radical (unpaired) electrons. The minimum Gasteiger partial charge on any atom is -0.406 e. The number of ether oxygens (including phenoxy) is 2. The van der Waals surface area contributed by atoms with Crippen LogP contribution in [0.1, 0.15) is 19.4 Å².